The summed E-state index contributed by atoms with van der Waals surface area (Å²) < 4.78 is 1.81. The summed E-state index contributed by atoms with van der Waals surface area (Å²) in [5, 5.41) is 18.5. The number of rotatable bonds is 5. The standard InChI is InChI=1S/C18H18N4O2/c1-13-12-16(6-9-18(13)22(23)24)20-14(2)15-4-7-17(8-5-15)21-11-3-10-19-21/h3-12,14,20H,1-2H3. The first-order valence-electron chi connectivity index (χ1n) is 7.66. The molecule has 24 heavy (non-hydrogen) atoms. The molecular formula is C18H18N4O2. The molecule has 122 valence electrons. The zero-order valence-corrected chi connectivity index (χ0v) is 13.5. The first-order valence-corrected chi connectivity index (χ1v) is 7.66. The molecule has 6 heteroatoms. The SMILES string of the molecule is Cc1cc(NC(C)c2ccc(-n3cccn3)cc2)ccc1[N+](=O)[O-]. The minimum Gasteiger partial charge on any atom is -0.379 e. The lowest BCUT2D eigenvalue weighted by Crippen LogP contribution is -2.07. The van der Waals surface area contributed by atoms with Crippen molar-refractivity contribution in [2.75, 3.05) is 5.32 Å². The van der Waals surface area contributed by atoms with E-state index >= 15 is 0 Å². The van der Waals surface area contributed by atoms with E-state index < -0.39 is 0 Å². The Morgan fingerprint density at radius 2 is 1.96 bits per heavy atom. The van der Waals surface area contributed by atoms with Crippen LogP contribution in [0.1, 0.15) is 24.1 Å². The molecule has 1 heterocycles. The summed E-state index contributed by atoms with van der Waals surface area (Å²) in [6, 6.07) is 15.2. The van der Waals surface area contributed by atoms with Crippen LogP contribution in [0.3, 0.4) is 0 Å². The van der Waals surface area contributed by atoms with E-state index in [0.29, 0.717) is 5.56 Å². The van der Waals surface area contributed by atoms with Crippen molar-refractivity contribution in [2.24, 2.45) is 0 Å². The molecular weight excluding hydrogens is 304 g/mol. The molecule has 0 fully saturated rings. The minimum absolute atomic E-state index is 0.0810. The van der Waals surface area contributed by atoms with Gasteiger partial charge in [-0.3, -0.25) is 10.1 Å². The third kappa shape index (κ3) is 3.27. The van der Waals surface area contributed by atoms with E-state index in [-0.39, 0.29) is 16.7 Å². The lowest BCUT2D eigenvalue weighted by atomic mass is 10.1. The second-order valence-corrected chi connectivity index (χ2v) is 5.67. The number of nitrogens with zero attached hydrogens (tertiary/aromatic N) is 3. The Balaban J connectivity index is 1.74. The van der Waals surface area contributed by atoms with Gasteiger partial charge in [-0.05, 0) is 49.7 Å². The normalized spacial score (nSPS) is 11.9. The summed E-state index contributed by atoms with van der Waals surface area (Å²) in [6.45, 7) is 3.80. The molecule has 0 aliphatic heterocycles. The zero-order chi connectivity index (χ0) is 17.1. The van der Waals surface area contributed by atoms with E-state index in [4.69, 9.17) is 0 Å². The Labute approximate surface area is 139 Å². The van der Waals surface area contributed by atoms with Crippen LogP contribution in [0.4, 0.5) is 11.4 Å². The highest BCUT2D eigenvalue weighted by Crippen LogP contribution is 2.25. The lowest BCUT2D eigenvalue weighted by Gasteiger charge is -2.16. The van der Waals surface area contributed by atoms with Gasteiger partial charge in [0.1, 0.15) is 0 Å². The van der Waals surface area contributed by atoms with E-state index in [9.17, 15) is 10.1 Å². The van der Waals surface area contributed by atoms with Crippen LogP contribution in [-0.2, 0) is 0 Å². The van der Waals surface area contributed by atoms with Crippen LogP contribution in [0.2, 0.25) is 0 Å². The van der Waals surface area contributed by atoms with Crippen molar-refractivity contribution in [1.29, 1.82) is 0 Å². The Morgan fingerprint density at radius 1 is 1.21 bits per heavy atom. The van der Waals surface area contributed by atoms with Crippen LogP contribution >= 0.6 is 0 Å². The molecule has 1 aromatic heterocycles. The van der Waals surface area contributed by atoms with Gasteiger partial charge in [0.25, 0.3) is 5.69 Å². The maximum Gasteiger partial charge on any atom is 0.272 e. The summed E-state index contributed by atoms with van der Waals surface area (Å²) in [4.78, 5) is 10.5. The van der Waals surface area contributed by atoms with Gasteiger partial charge in [-0.25, -0.2) is 4.68 Å². The van der Waals surface area contributed by atoms with Gasteiger partial charge in [-0.15, -0.1) is 0 Å². The average molecular weight is 322 g/mol. The summed E-state index contributed by atoms with van der Waals surface area (Å²) in [5.74, 6) is 0. The number of anilines is 1. The maximum atomic E-state index is 10.9. The van der Waals surface area contributed by atoms with Gasteiger partial charge in [0.05, 0.1) is 10.6 Å². The second-order valence-electron chi connectivity index (χ2n) is 5.67. The quantitative estimate of drug-likeness (QED) is 0.562. The van der Waals surface area contributed by atoms with Crippen LogP contribution in [0.15, 0.2) is 60.9 Å². The number of hydrogen-bond acceptors (Lipinski definition) is 4. The first-order chi connectivity index (χ1) is 11.5. The van der Waals surface area contributed by atoms with Crippen molar-refractivity contribution in [3.05, 3.63) is 82.2 Å². The zero-order valence-electron chi connectivity index (χ0n) is 13.5. The Bertz CT molecular complexity index is 842. The second kappa shape index (κ2) is 6.54. The van der Waals surface area contributed by atoms with Gasteiger partial charge in [-0.2, -0.15) is 5.10 Å². The fourth-order valence-electron chi connectivity index (χ4n) is 2.62. The van der Waals surface area contributed by atoms with Gasteiger partial charge >= 0.3 is 0 Å². The smallest absolute Gasteiger partial charge is 0.272 e. The summed E-state index contributed by atoms with van der Waals surface area (Å²) in [5.41, 5.74) is 3.77. The molecule has 0 saturated heterocycles. The Hall–Kier alpha value is -3.15. The molecule has 3 aromatic rings. The minimum atomic E-state index is -0.365. The predicted molar refractivity (Wildman–Crippen MR) is 93.4 cm³/mol. The maximum absolute atomic E-state index is 10.9. The van der Waals surface area contributed by atoms with Crippen molar-refractivity contribution in [2.45, 2.75) is 19.9 Å². The number of benzene rings is 2. The molecule has 0 saturated carbocycles. The molecule has 3 rings (SSSR count). The van der Waals surface area contributed by atoms with E-state index in [1.54, 1.807) is 25.3 Å². The van der Waals surface area contributed by atoms with Crippen molar-refractivity contribution < 1.29 is 4.92 Å². The van der Waals surface area contributed by atoms with Gasteiger partial charge in [0, 0.05) is 35.8 Å². The third-order valence-electron chi connectivity index (χ3n) is 3.94. The molecule has 0 bridgehead atoms. The number of aryl methyl sites for hydroxylation is 1. The van der Waals surface area contributed by atoms with Gasteiger partial charge < -0.3 is 5.32 Å². The fraction of sp³-hybridized carbons (Fsp3) is 0.167. The molecule has 6 nitrogen and oxygen atoms in total. The van der Waals surface area contributed by atoms with Crippen molar-refractivity contribution in [1.82, 2.24) is 9.78 Å². The highest BCUT2D eigenvalue weighted by molar-refractivity contribution is 5.54. The number of nitro groups is 1. The predicted octanol–water partition coefficient (Wildman–Crippen LogP) is 4.26. The van der Waals surface area contributed by atoms with Gasteiger partial charge in [0.2, 0.25) is 0 Å². The lowest BCUT2D eigenvalue weighted by molar-refractivity contribution is -0.385. The van der Waals surface area contributed by atoms with Gasteiger partial charge in [-0.1, -0.05) is 12.1 Å². The van der Waals surface area contributed by atoms with Crippen molar-refractivity contribution in [3.63, 3.8) is 0 Å². The van der Waals surface area contributed by atoms with E-state index in [1.807, 2.05) is 41.2 Å². The molecule has 0 aliphatic carbocycles. The Kier molecular flexibility index (Phi) is 4.29. The first kappa shape index (κ1) is 15.7. The van der Waals surface area contributed by atoms with Crippen molar-refractivity contribution >= 4 is 11.4 Å². The van der Waals surface area contributed by atoms with Crippen LogP contribution < -0.4 is 5.32 Å². The number of hydrogen-bond donors (Lipinski definition) is 1. The van der Waals surface area contributed by atoms with E-state index in [0.717, 1.165) is 16.9 Å². The average Bonchev–Trinajstić information content (AvgIpc) is 3.09. The topological polar surface area (TPSA) is 73.0 Å². The fourth-order valence-corrected chi connectivity index (χ4v) is 2.62. The summed E-state index contributed by atoms with van der Waals surface area (Å²) in [6.07, 6.45) is 3.64. The summed E-state index contributed by atoms with van der Waals surface area (Å²) in [7, 11) is 0. The number of aromatic nitrogens is 2. The third-order valence-corrected chi connectivity index (χ3v) is 3.94. The molecule has 0 spiro atoms. The van der Waals surface area contributed by atoms with Crippen LogP contribution in [-0.4, -0.2) is 14.7 Å². The van der Waals surface area contributed by atoms with Crippen LogP contribution in [0, 0.1) is 17.0 Å². The Morgan fingerprint density at radius 3 is 2.54 bits per heavy atom. The molecule has 0 amide bonds. The van der Waals surface area contributed by atoms with Gasteiger partial charge in [0.15, 0.2) is 0 Å². The van der Waals surface area contributed by atoms with Crippen LogP contribution in [0.25, 0.3) is 5.69 Å². The number of nitro benzene ring substituents is 1. The molecule has 1 unspecified atom stereocenters. The van der Waals surface area contributed by atoms with Crippen molar-refractivity contribution in [3.8, 4) is 5.69 Å². The monoisotopic (exact) mass is 322 g/mol. The molecule has 0 aliphatic rings. The molecule has 0 radical (unpaired) electrons. The molecule has 1 atom stereocenters. The largest absolute Gasteiger partial charge is 0.379 e. The molecule has 1 N–H and O–H groups in total. The summed E-state index contributed by atoms with van der Waals surface area (Å²) >= 11 is 0. The number of nitrogens with one attached hydrogen (secondary N) is 1. The van der Waals surface area contributed by atoms with E-state index in [1.165, 1.54) is 6.07 Å². The van der Waals surface area contributed by atoms with Crippen LogP contribution in [0.5, 0.6) is 0 Å². The highest BCUT2D eigenvalue weighted by atomic mass is 16.6. The molecule has 2 aromatic carbocycles. The van der Waals surface area contributed by atoms with E-state index in [2.05, 4.69) is 17.3 Å². The highest BCUT2D eigenvalue weighted by Gasteiger charge is 2.12.